The van der Waals surface area contributed by atoms with E-state index in [0.29, 0.717) is 22.4 Å². The second kappa shape index (κ2) is 7.03. The lowest BCUT2D eigenvalue weighted by Gasteiger charge is -2.12. The number of halogens is 3. The molecule has 1 amide bonds. The van der Waals surface area contributed by atoms with Gasteiger partial charge >= 0.3 is 0 Å². The second-order valence-electron chi connectivity index (χ2n) is 5.84. The SMILES string of the molecule is Cn1nc(C(F)F)c(CC(N)=O)c1-c1ccccc1-c1cccc(F)c1. The highest BCUT2D eigenvalue weighted by molar-refractivity contribution is 5.86. The number of hydrogen-bond acceptors (Lipinski definition) is 2. The fourth-order valence-corrected chi connectivity index (χ4v) is 3.05. The molecule has 0 saturated carbocycles. The number of amides is 1. The summed E-state index contributed by atoms with van der Waals surface area (Å²) >= 11 is 0. The molecule has 0 atom stereocenters. The Kier molecular flexibility index (Phi) is 4.79. The van der Waals surface area contributed by atoms with Crippen LogP contribution in [0.2, 0.25) is 0 Å². The predicted molar refractivity (Wildman–Crippen MR) is 91.9 cm³/mol. The number of aryl methyl sites for hydroxylation is 1. The minimum absolute atomic E-state index is 0.0823. The third kappa shape index (κ3) is 3.33. The summed E-state index contributed by atoms with van der Waals surface area (Å²) in [5.41, 5.74) is 7.01. The van der Waals surface area contributed by atoms with Gasteiger partial charge in [-0.25, -0.2) is 13.2 Å². The first-order valence-corrected chi connectivity index (χ1v) is 7.86. The average molecular weight is 359 g/mol. The molecule has 0 aliphatic heterocycles. The van der Waals surface area contributed by atoms with Crippen LogP contribution in [0.25, 0.3) is 22.4 Å². The van der Waals surface area contributed by atoms with Crippen molar-refractivity contribution in [3.8, 4) is 22.4 Å². The summed E-state index contributed by atoms with van der Waals surface area (Å²) < 4.78 is 41.7. The van der Waals surface area contributed by atoms with E-state index in [1.54, 1.807) is 36.4 Å². The molecule has 0 unspecified atom stereocenters. The van der Waals surface area contributed by atoms with Gasteiger partial charge in [0.1, 0.15) is 11.5 Å². The van der Waals surface area contributed by atoms with E-state index < -0.39 is 23.8 Å². The number of aromatic nitrogens is 2. The second-order valence-corrected chi connectivity index (χ2v) is 5.84. The van der Waals surface area contributed by atoms with E-state index in [1.807, 2.05) is 0 Å². The van der Waals surface area contributed by atoms with Crippen molar-refractivity contribution < 1.29 is 18.0 Å². The number of nitrogens with zero attached hydrogens (tertiary/aromatic N) is 2. The Bertz CT molecular complexity index is 966. The molecule has 134 valence electrons. The van der Waals surface area contributed by atoms with E-state index >= 15 is 0 Å². The summed E-state index contributed by atoms with van der Waals surface area (Å²) in [4.78, 5) is 11.4. The number of hydrogen-bond donors (Lipinski definition) is 1. The highest BCUT2D eigenvalue weighted by atomic mass is 19.3. The number of benzene rings is 2. The van der Waals surface area contributed by atoms with E-state index in [2.05, 4.69) is 5.10 Å². The summed E-state index contributed by atoms with van der Waals surface area (Å²) in [5.74, 6) is -1.14. The van der Waals surface area contributed by atoms with Gasteiger partial charge in [0, 0.05) is 18.2 Å². The maximum Gasteiger partial charge on any atom is 0.282 e. The molecule has 2 N–H and O–H groups in total. The van der Waals surface area contributed by atoms with Crippen LogP contribution in [0.5, 0.6) is 0 Å². The van der Waals surface area contributed by atoms with Crippen LogP contribution in [0.4, 0.5) is 13.2 Å². The lowest BCUT2D eigenvalue weighted by molar-refractivity contribution is -0.117. The van der Waals surface area contributed by atoms with Gasteiger partial charge in [-0.1, -0.05) is 36.4 Å². The summed E-state index contributed by atoms with van der Waals surface area (Å²) in [6, 6.07) is 13.0. The number of rotatable bonds is 5. The first-order valence-electron chi connectivity index (χ1n) is 7.86. The van der Waals surface area contributed by atoms with Gasteiger partial charge in [0.05, 0.1) is 12.1 Å². The number of carbonyl (C=O) groups is 1. The molecule has 4 nitrogen and oxygen atoms in total. The largest absolute Gasteiger partial charge is 0.369 e. The predicted octanol–water partition coefficient (Wildman–Crippen LogP) is 3.86. The third-order valence-electron chi connectivity index (χ3n) is 4.05. The molecular formula is C19H16F3N3O. The zero-order chi connectivity index (χ0) is 18.8. The third-order valence-corrected chi connectivity index (χ3v) is 4.05. The van der Waals surface area contributed by atoms with Crippen LogP contribution in [0, 0.1) is 5.82 Å². The van der Waals surface area contributed by atoms with Gasteiger partial charge in [-0.3, -0.25) is 9.48 Å². The zero-order valence-electron chi connectivity index (χ0n) is 13.9. The van der Waals surface area contributed by atoms with Crippen molar-refractivity contribution in [2.75, 3.05) is 0 Å². The normalized spacial score (nSPS) is 11.1. The fourth-order valence-electron chi connectivity index (χ4n) is 3.05. The Balaban J connectivity index is 2.27. The van der Waals surface area contributed by atoms with Crippen LogP contribution >= 0.6 is 0 Å². The lowest BCUT2D eigenvalue weighted by atomic mass is 9.94. The van der Waals surface area contributed by atoms with E-state index in [9.17, 15) is 18.0 Å². The van der Waals surface area contributed by atoms with Crippen LogP contribution in [0.15, 0.2) is 48.5 Å². The molecule has 0 saturated heterocycles. The van der Waals surface area contributed by atoms with Crippen LogP contribution in [0.1, 0.15) is 17.7 Å². The van der Waals surface area contributed by atoms with Crippen molar-refractivity contribution in [3.05, 3.63) is 65.6 Å². The van der Waals surface area contributed by atoms with Gasteiger partial charge in [0.25, 0.3) is 6.43 Å². The molecule has 7 heteroatoms. The van der Waals surface area contributed by atoms with Gasteiger partial charge < -0.3 is 5.73 Å². The van der Waals surface area contributed by atoms with Gasteiger partial charge in [0.2, 0.25) is 5.91 Å². The van der Waals surface area contributed by atoms with Gasteiger partial charge in [-0.15, -0.1) is 0 Å². The van der Waals surface area contributed by atoms with Crippen LogP contribution in [-0.4, -0.2) is 15.7 Å². The maximum atomic E-state index is 13.6. The van der Waals surface area contributed by atoms with Gasteiger partial charge in [-0.05, 0) is 23.3 Å². The number of primary amides is 1. The lowest BCUT2D eigenvalue weighted by Crippen LogP contribution is -2.15. The molecule has 0 aliphatic carbocycles. The van der Waals surface area contributed by atoms with Crippen LogP contribution in [-0.2, 0) is 18.3 Å². The molecule has 1 aromatic heterocycles. The summed E-state index contributed by atoms with van der Waals surface area (Å²) in [5, 5.41) is 3.88. The Hall–Kier alpha value is -3.09. The molecular weight excluding hydrogens is 343 g/mol. The Morgan fingerprint density at radius 3 is 2.46 bits per heavy atom. The van der Waals surface area contributed by atoms with E-state index in [0.717, 1.165) is 0 Å². The summed E-state index contributed by atoms with van der Waals surface area (Å²) in [6.07, 6.45) is -3.20. The van der Waals surface area contributed by atoms with Crippen molar-refractivity contribution in [3.63, 3.8) is 0 Å². The summed E-state index contributed by atoms with van der Waals surface area (Å²) in [6.45, 7) is 0. The first-order chi connectivity index (χ1) is 12.4. The van der Waals surface area contributed by atoms with Crippen molar-refractivity contribution in [1.82, 2.24) is 9.78 Å². The van der Waals surface area contributed by atoms with Gasteiger partial charge in [-0.2, -0.15) is 5.10 Å². The van der Waals surface area contributed by atoms with Crippen LogP contribution in [0.3, 0.4) is 0 Å². The standard InChI is InChI=1S/C19H16F3N3O/c1-25-18(15(10-16(23)26)17(24-25)19(21)22)14-8-3-2-7-13(14)11-5-4-6-12(20)9-11/h2-9,19H,10H2,1H3,(H2,23,26). The highest BCUT2D eigenvalue weighted by Crippen LogP contribution is 2.37. The minimum Gasteiger partial charge on any atom is -0.369 e. The maximum absolute atomic E-state index is 13.6. The number of alkyl halides is 2. The van der Waals surface area contributed by atoms with Crippen molar-refractivity contribution in [1.29, 1.82) is 0 Å². The molecule has 0 spiro atoms. The quantitative estimate of drug-likeness (QED) is 0.752. The average Bonchev–Trinajstić information content (AvgIpc) is 2.90. The Labute approximate surface area is 148 Å². The molecule has 3 rings (SSSR count). The Morgan fingerprint density at radius 1 is 1.15 bits per heavy atom. The summed E-state index contributed by atoms with van der Waals surface area (Å²) in [7, 11) is 1.52. The van der Waals surface area contributed by atoms with Crippen LogP contribution < -0.4 is 5.73 Å². The number of nitrogens with two attached hydrogens (primary N) is 1. The van der Waals surface area contributed by atoms with Crippen molar-refractivity contribution in [2.24, 2.45) is 12.8 Å². The minimum atomic E-state index is -2.84. The topological polar surface area (TPSA) is 60.9 Å². The number of carbonyl (C=O) groups excluding carboxylic acids is 1. The molecule has 0 radical (unpaired) electrons. The fraction of sp³-hybridized carbons (Fsp3) is 0.158. The molecule has 0 fully saturated rings. The monoisotopic (exact) mass is 359 g/mol. The molecule has 0 aliphatic rings. The first kappa shape index (κ1) is 17.7. The van der Waals surface area contributed by atoms with E-state index in [1.165, 1.54) is 23.9 Å². The van der Waals surface area contributed by atoms with Crippen molar-refractivity contribution >= 4 is 5.91 Å². The zero-order valence-corrected chi connectivity index (χ0v) is 13.9. The smallest absolute Gasteiger partial charge is 0.282 e. The van der Waals surface area contributed by atoms with E-state index in [-0.39, 0.29) is 12.0 Å². The Morgan fingerprint density at radius 2 is 1.85 bits per heavy atom. The molecule has 2 aromatic carbocycles. The van der Waals surface area contributed by atoms with E-state index in [4.69, 9.17) is 5.73 Å². The van der Waals surface area contributed by atoms with Gasteiger partial charge in [0.15, 0.2) is 0 Å². The molecule has 26 heavy (non-hydrogen) atoms. The molecule has 1 heterocycles. The highest BCUT2D eigenvalue weighted by Gasteiger charge is 2.26. The molecule has 0 bridgehead atoms. The molecule has 3 aromatic rings. The van der Waals surface area contributed by atoms with Crippen molar-refractivity contribution in [2.45, 2.75) is 12.8 Å².